The SMILES string of the molecule is CCCN1C(=O)C(CC)C(CC)C1=O. The second kappa shape index (κ2) is 4.58. The van der Waals surface area contributed by atoms with Gasteiger partial charge in [0.05, 0.1) is 0 Å². The molecule has 0 N–H and O–H groups in total. The highest BCUT2D eigenvalue weighted by molar-refractivity contribution is 6.05. The normalized spacial score (nSPS) is 27.5. The van der Waals surface area contributed by atoms with Crippen molar-refractivity contribution in [3.05, 3.63) is 0 Å². The lowest BCUT2D eigenvalue weighted by Gasteiger charge is -2.12. The van der Waals surface area contributed by atoms with Gasteiger partial charge in [0, 0.05) is 18.4 Å². The van der Waals surface area contributed by atoms with E-state index < -0.39 is 0 Å². The molecule has 0 saturated carbocycles. The molecule has 1 saturated heterocycles. The van der Waals surface area contributed by atoms with Gasteiger partial charge in [-0.25, -0.2) is 0 Å². The monoisotopic (exact) mass is 197 g/mol. The lowest BCUT2D eigenvalue weighted by Crippen LogP contribution is -2.31. The molecule has 0 aromatic rings. The molecule has 3 heteroatoms. The smallest absolute Gasteiger partial charge is 0.233 e. The van der Waals surface area contributed by atoms with Crippen molar-refractivity contribution in [3.63, 3.8) is 0 Å². The lowest BCUT2D eigenvalue weighted by molar-refractivity contribution is -0.139. The molecule has 3 nitrogen and oxygen atoms in total. The molecule has 0 bridgehead atoms. The topological polar surface area (TPSA) is 37.4 Å². The fourth-order valence-corrected chi connectivity index (χ4v) is 2.22. The zero-order valence-corrected chi connectivity index (χ0v) is 9.25. The summed E-state index contributed by atoms with van der Waals surface area (Å²) in [6.07, 6.45) is 2.41. The van der Waals surface area contributed by atoms with Gasteiger partial charge in [-0.05, 0) is 19.3 Å². The first-order chi connectivity index (χ1) is 6.67. The van der Waals surface area contributed by atoms with Gasteiger partial charge in [0.25, 0.3) is 0 Å². The number of carbonyl (C=O) groups is 2. The first-order valence-electron chi connectivity index (χ1n) is 5.52. The van der Waals surface area contributed by atoms with Gasteiger partial charge in [-0.2, -0.15) is 0 Å². The van der Waals surface area contributed by atoms with Crippen LogP contribution in [0.25, 0.3) is 0 Å². The molecular weight excluding hydrogens is 178 g/mol. The van der Waals surface area contributed by atoms with Crippen molar-refractivity contribution in [2.45, 2.75) is 40.0 Å². The minimum absolute atomic E-state index is 0.0474. The highest BCUT2D eigenvalue weighted by Crippen LogP contribution is 2.30. The highest BCUT2D eigenvalue weighted by Gasteiger charge is 2.44. The maximum absolute atomic E-state index is 11.8. The van der Waals surface area contributed by atoms with Crippen molar-refractivity contribution in [2.75, 3.05) is 6.54 Å². The molecular formula is C11H19NO2. The van der Waals surface area contributed by atoms with Crippen molar-refractivity contribution in [1.29, 1.82) is 0 Å². The number of likely N-dealkylation sites (tertiary alicyclic amines) is 1. The third-order valence-electron chi connectivity index (χ3n) is 2.98. The van der Waals surface area contributed by atoms with Gasteiger partial charge in [0.2, 0.25) is 11.8 Å². The van der Waals surface area contributed by atoms with E-state index in [1.165, 1.54) is 4.90 Å². The highest BCUT2D eigenvalue weighted by atomic mass is 16.2. The number of carbonyl (C=O) groups excluding carboxylic acids is 2. The van der Waals surface area contributed by atoms with E-state index in [4.69, 9.17) is 0 Å². The Morgan fingerprint density at radius 3 is 1.71 bits per heavy atom. The summed E-state index contributed by atoms with van der Waals surface area (Å²) in [5.41, 5.74) is 0. The van der Waals surface area contributed by atoms with Crippen molar-refractivity contribution in [3.8, 4) is 0 Å². The molecule has 0 aromatic heterocycles. The van der Waals surface area contributed by atoms with E-state index in [0.717, 1.165) is 19.3 Å². The van der Waals surface area contributed by atoms with Gasteiger partial charge < -0.3 is 0 Å². The predicted molar refractivity (Wildman–Crippen MR) is 54.6 cm³/mol. The Balaban J connectivity index is 2.83. The number of rotatable bonds is 4. The van der Waals surface area contributed by atoms with E-state index in [9.17, 15) is 9.59 Å². The second-order valence-electron chi connectivity index (χ2n) is 3.86. The van der Waals surface area contributed by atoms with Crippen LogP contribution in [0, 0.1) is 11.8 Å². The molecule has 1 aliphatic rings. The van der Waals surface area contributed by atoms with Gasteiger partial charge in [-0.1, -0.05) is 20.8 Å². The molecule has 0 aliphatic carbocycles. The van der Waals surface area contributed by atoms with E-state index in [0.29, 0.717) is 6.54 Å². The minimum atomic E-state index is -0.0564. The molecule has 0 aromatic carbocycles. The third kappa shape index (κ3) is 1.68. The largest absolute Gasteiger partial charge is 0.282 e. The zero-order chi connectivity index (χ0) is 10.7. The molecule has 0 radical (unpaired) electrons. The predicted octanol–water partition coefficient (Wildman–Crippen LogP) is 1.82. The third-order valence-corrected chi connectivity index (χ3v) is 2.98. The standard InChI is InChI=1S/C11H19NO2/c1-4-7-12-10(13)8(5-2)9(6-3)11(12)14/h8-9H,4-7H2,1-3H3. The molecule has 14 heavy (non-hydrogen) atoms. The molecule has 1 aliphatic heterocycles. The van der Waals surface area contributed by atoms with E-state index in [2.05, 4.69) is 0 Å². The molecule has 1 fully saturated rings. The van der Waals surface area contributed by atoms with Crippen LogP contribution in [-0.4, -0.2) is 23.3 Å². The Morgan fingerprint density at radius 2 is 1.43 bits per heavy atom. The molecule has 0 spiro atoms. The number of imide groups is 1. The fourth-order valence-electron chi connectivity index (χ4n) is 2.22. The minimum Gasteiger partial charge on any atom is -0.282 e. The summed E-state index contributed by atoms with van der Waals surface area (Å²) in [6.45, 7) is 6.54. The van der Waals surface area contributed by atoms with E-state index in [1.807, 2.05) is 20.8 Å². The van der Waals surface area contributed by atoms with Crippen LogP contribution in [0.2, 0.25) is 0 Å². The van der Waals surface area contributed by atoms with Crippen LogP contribution >= 0.6 is 0 Å². The van der Waals surface area contributed by atoms with E-state index in [-0.39, 0.29) is 23.7 Å². The Kier molecular flexibility index (Phi) is 3.67. The Morgan fingerprint density at radius 1 is 1.00 bits per heavy atom. The summed E-state index contributed by atoms with van der Waals surface area (Å²) in [4.78, 5) is 25.1. The summed E-state index contributed by atoms with van der Waals surface area (Å²) >= 11 is 0. The van der Waals surface area contributed by atoms with Crippen molar-refractivity contribution >= 4 is 11.8 Å². The van der Waals surface area contributed by atoms with Crippen LogP contribution in [0.3, 0.4) is 0 Å². The summed E-state index contributed by atoms with van der Waals surface area (Å²) in [7, 11) is 0. The molecule has 80 valence electrons. The first-order valence-corrected chi connectivity index (χ1v) is 5.52. The molecule has 2 unspecified atom stereocenters. The van der Waals surface area contributed by atoms with Crippen LogP contribution in [-0.2, 0) is 9.59 Å². The van der Waals surface area contributed by atoms with Gasteiger partial charge >= 0.3 is 0 Å². The number of nitrogens with zero attached hydrogens (tertiary/aromatic N) is 1. The van der Waals surface area contributed by atoms with Gasteiger partial charge in [-0.3, -0.25) is 14.5 Å². The van der Waals surface area contributed by atoms with Crippen LogP contribution < -0.4 is 0 Å². The van der Waals surface area contributed by atoms with E-state index >= 15 is 0 Å². The number of hydrogen-bond acceptors (Lipinski definition) is 2. The summed E-state index contributed by atoms with van der Waals surface area (Å²) < 4.78 is 0. The van der Waals surface area contributed by atoms with Crippen LogP contribution in [0.4, 0.5) is 0 Å². The Hall–Kier alpha value is -0.860. The average Bonchev–Trinajstić information content (AvgIpc) is 2.41. The maximum atomic E-state index is 11.8. The molecule has 2 amide bonds. The first kappa shape index (κ1) is 11.2. The lowest BCUT2D eigenvalue weighted by atomic mass is 9.91. The quantitative estimate of drug-likeness (QED) is 0.645. The maximum Gasteiger partial charge on any atom is 0.233 e. The Bertz CT molecular complexity index is 215. The number of amides is 2. The second-order valence-corrected chi connectivity index (χ2v) is 3.86. The van der Waals surface area contributed by atoms with Crippen LogP contribution in [0.1, 0.15) is 40.0 Å². The van der Waals surface area contributed by atoms with Gasteiger partial charge in [-0.15, -0.1) is 0 Å². The average molecular weight is 197 g/mol. The summed E-state index contributed by atoms with van der Waals surface area (Å²) in [6, 6.07) is 0. The van der Waals surface area contributed by atoms with E-state index in [1.54, 1.807) is 0 Å². The van der Waals surface area contributed by atoms with Crippen molar-refractivity contribution in [1.82, 2.24) is 4.90 Å². The summed E-state index contributed by atoms with van der Waals surface area (Å²) in [5, 5.41) is 0. The van der Waals surface area contributed by atoms with Crippen molar-refractivity contribution < 1.29 is 9.59 Å². The van der Waals surface area contributed by atoms with Crippen LogP contribution in [0.15, 0.2) is 0 Å². The molecule has 2 atom stereocenters. The van der Waals surface area contributed by atoms with Crippen LogP contribution in [0.5, 0.6) is 0 Å². The molecule has 1 heterocycles. The molecule has 1 rings (SSSR count). The van der Waals surface area contributed by atoms with Gasteiger partial charge in [0.15, 0.2) is 0 Å². The van der Waals surface area contributed by atoms with Crippen molar-refractivity contribution in [2.24, 2.45) is 11.8 Å². The summed E-state index contributed by atoms with van der Waals surface area (Å²) in [5.74, 6) is -0.0181. The zero-order valence-electron chi connectivity index (χ0n) is 9.25. The van der Waals surface area contributed by atoms with Gasteiger partial charge in [0.1, 0.15) is 0 Å². The number of hydrogen-bond donors (Lipinski definition) is 0. The Labute approximate surface area is 85.5 Å². The fraction of sp³-hybridized carbons (Fsp3) is 0.818.